The molecule has 1 saturated heterocycles. The van der Waals surface area contributed by atoms with Crippen molar-refractivity contribution in [3.05, 3.63) is 47.6 Å². The molecule has 1 aliphatic heterocycles. The van der Waals surface area contributed by atoms with Crippen molar-refractivity contribution in [2.24, 2.45) is 11.3 Å². The lowest BCUT2D eigenvalue weighted by Gasteiger charge is -2.25. The average Bonchev–Trinajstić information content (AvgIpc) is 2.75. The molecule has 126 valence electrons. The van der Waals surface area contributed by atoms with Crippen LogP contribution in [0.25, 0.3) is 0 Å². The number of likely N-dealkylation sites (tertiary alicyclic amines) is 1. The van der Waals surface area contributed by atoms with Crippen molar-refractivity contribution in [2.45, 2.75) is 20.3 Å². The molecule has 2 heterocycles. The summed E-state index contributed by atoms with van der Waals surface area (Å²) in [6.45, 7) is 3.94. The number of carbonyl (C=O) groups excluding carboxylic acids is 2. The fourth-order valence-corrected chi connectivity index (χ4v) is 3.39. The van der Waals surface area contributed by atoms with Gasteiger partial charge < -0.3 is 15.0 Å². The zero-order valence-corrected chi connectivity index (χ0v) is 14.3. The van der Waals surface area contributed by atoms with Crippen LogP contribution in [0.15, 0.2) is 42.0 Å². The van der Waals surface area contributed by atoms with Crippen LogP contribution in [0.1, 0.15) is 30.6 Å². The van der Waals surface area contributed by atoms with E-state index in [0.29, 0.717) is 17.0 Å². The molecule has 3 rings (SSSR count). The van der Waals surface area contributed by atoms with E-state index in [1.54, 1.807) is 24.2 Å². The number of carbonyl (C=O) groups is 2. The standard InChI is InChI=1S/C18H21N3O3/c1-18(2)13-6-5-11(9-14(13)21(3)17(18)23)20-16(22)12-7-8-19-10-15(12)24-4/h5,7-10,13H,6H2,1-4H3,(H,20,22). The second kappa shape index (κ2) is 5.78. The van der Waals surface area contributed by atoms with E-state index in [4.69, 9.17) is 4.74 Å². The first-order valence-corrected chi connectivity index (χ1v) is 7.85. The molecule has 1 fully saturated rings. The number of amides is 2. The first-order valence-electron chi connectivity index (χ1n) is 7.85. The molecule has 0 spiro atoms. The summed E-state index contributed by atoms with van der Waals surface area (Å²) in [5, 5.41) is 2.89. The second-order valence-electron chi connectivity index (χ2n) is 6.63. The van der Waals surface area contributed by atoms with E-state index < -0.39 is 5.41 Å². The molecular weight excluding hydrogens is 306 g/mol. The van der Waals surface area contributed by atoms with Crippen LogP contribution in [0.2, 0.25) is 0 Å². The molecule has 1 atom stereocenters. The zero-order chi connectivity index (χ0) is 17.5. The molecule has 6 nitrogen and oxygen atoms in total. The Morgan fingerprint density at radius 2 is 2.21 bits per heavy atom. The quantitative estimate of drug-likeness (QED) is 0.923. The van der Waals surface area contributed by atoms with Gasteiger partial charge in [0.1, 0.15) is 5.75 Å². The van der Waals surface area contributed by atoms with Gasteiger partial charge in [0, 0.05) is 30.6 Å². The van der Waals surface area contributed by atoms with E-state index in [1.807, 2.05) is 26.0 Å². The summed E-state index contributed by atoms with van der Waals surface area (Å²) >= 11 is 0. The van der Waals surface area contributed by atoms with Gasteiger partial charge in [-0.05, 0) is 18.6 Å². The molecule has 1 N–H and O–H groups in total. The van der Waals surface area contributed by atoms with Crippen LogP contribution in [0.5, 0.6) is 5.75 Å². The van der Waals surface area contributed by atoms with Gasteiger partial charge in [-0.3, -0.25) is 14.6 Å². The number of hydrogen-bond acceptors (Lipinski definition) is 4. The lowest BCUT2D eigenvalue weighted by Crippen LogP contribution is -2.29. The summed E-state index contributed by atoms with van der Waals surface area (Å²) in [4.78, 5) is 30.5. The third-order valence-electron chi connectivity index (χ3n) is 4.86. The molecule has 1 aromatic rings. The van der Waals surface area contributed by atoms with Gasteiger partial charge in [0.25, 0.3) is 5.91 Å². The molecule has 24 heavy (non-hydrogen) atoms. The van der Waals surface area contributed by atoms with E-state index in [-0.39, 0.29) is 17.7 Å². The summed E-state index contributed by atoms with van der Waals surface area (Å²) < 4.78 is 5.17. The van der Waals surface area contributed by atoms with Crippen LogP contribution in [-0.2, 0) is 4.79 Å². The molecule has 1 aromatic heterocycles. The van der Waals surface area contributed by atoms with Gasteiger partial charge in [-0.1, -0.05) is 19.9 Å². The third-order valence-corrected chi connectivity index (χ3v) is 4.86. The molecule has 2 amide bonds. The maximum atomic E-state index is 12.5. The molecule has 0 bridgehead atoms. The van der Waals surface area contributed by atoms with Crippen molar-refractivity contribution in [3.8, 4) is 5.75 Å². The predicted molar refractivity (Wildman–Crippen MR) is 89.1 cm³/mol. The SMILES string of the molecule is COc1cnccc1C(=O)NC1=CCC2C(=C1)N(C)C(=O)C2(C)C. The topological polar surface area (TPSA) is 71.5 Å². The number of allylic oxidation sites excluding steroid dienone is 3. The average molecular weight is 327 g/mol. The van der Waals surface area contributed by atoms with E-state index in [0.717, 1.165) is 12.1 Å². The van der Waals surface area contributed by atoms with Gasteiger partial charge in [-0.15, -0.1) is 0 Å². The summed E-state index contributed by atoms with van der Waals surface area (Å²) in [6, 6.07) is 1.61. The van der Waals surface area contributed by atoms with Crippen molar-refractivity contribution in [2.75, 3.05) is 14.2 Å². The smallest absolute Gasteiger partial charge is 0.259 e. The Balaban J connectivity index is 1.82. The number of nitrogens with one attached hydrogen (secondary N) is 1. The number of hydrogen-bond donors (Lipinski definition) is 1. The maximum absolute atomic E-state index is 12.5. The van der Waals surface area contributed by atoms with Crippen LogP contribution < -0.4 is 10.1 Å². The molecule has 1 unspecified atom stereocenters. The van der Waals surface area contributed by atoms with Gasteiger partial charge in [-0.25, -0.2) is 0 Å². The number of rotatable bonds is 3. The summed E-state index contributed by atoms with van der Waals surface area (Å²) in [7, 11) is 3.29. The lowest BCUT2D eigenvalue weighted by molar-refractivity contribution is -0.133. The summed E-state index contributed by atoms with van der Waals surface area (Å²) in [5.74, 6) is 0.412. The number of ether oxygens (including phenoxy) is 1. The molecule has 1 aliphatic carbocycles. The number of fused-ring (bicyclic) bond motifs is 1. The summed E-state index contributed by atoms with van der Waals surface area (Å²) in [5.41, 5.74) is 1.65. The fourth-order valence-electron chi connectivity index (χ4n) is 3.39. The monoisotopic (exact) mass is 327 g/mol. The normalized spacial score (nSPS) is 21.8. The number of methoxy groups -OCH3 is 1. The number of nitrogens with zero attached hydrogens (tertiary/aromatic N) is 2. The number of aromatic nitrogens is 1. The van der Waals surface area contributed by atoms with Gasteiger partial charge in [-0.2, -0.15) is 0 Å². The van der Waals surface area contributed by atoms with Crippen LogP contribution in [-0.4, -0.2) is 35.9 Å². The Kier molecular flexibility index (Phi) is 3.91. The van der Waals surface area contributed by atoms with Crippen molar-refractivity contribution in [1.29, 1.82) is 0 Å². The zero-order valence-electron chi connectivity index (χ0n) is 14.3. The molecule has 0 aromatic carbocycles. The van der Waals surface area contributed by atoms with Crippen molar-refractivity contribution in [3.63, 3.8) is 0 Å². The van der Waals surface area contributed by atoms with Crippen LogP contribution in [0, 0.1) is 11.3 Å². The van der Waals surface area contributed by atoms with Crippen molar-refractivity contribution in [1.82, 2.24) is 15.2 Å². The van der Waals surface area contributed by atoms with E-state index in [9.17, 15) is 9.59 Å². The highest BCUT2D eigenvalue weighted by atomic mass is 16.5. The number of pyridine rings is 1. The first-order chi connectivity index (χ1) is 11.4. The molecule has 0 radical (unpaired) electrons. The predicted octanol–water partition coefficient (Wildman–Crippen LogP) is 2.11. The molecule has 2 aliphatic rings. The lowest BCUT2D eigenvalue weighted by atomic mass is 9.76. The van der Waals surface area contributed by atoms with Crippen LogP contribution in [0.3, 0.4) is 0 Å². The van der Waals surface area contributed by atoms with Crippen LogP contribution >= 0.6 is 0 Å². The summed E-state index contributed by atoms with van der Waals surface area (Å²) in [6.07, 6.45) is 7.62. The van der Waals surface area contributed by atoms with E-state index in [1.165, 1.54) is 13.3 Å². The minimum Gasteiger partial charge on any atom is -0.494 e. The Morgan fingerprint density at radius 3 is 2.92 bits per heavy atom. The maximum Gasteiger partial charge on any atom is 0.259 e. The highest BCUT2D eigenvalue weighted by molar-refractivity contribution is 5.98. The fraction of sp³-hybridized carbons (Fsp3) is 0.389. The Hall–Kier alpha value is -2.63. The largest absolute Gasteiger partial charge is 0.494 e. The molecule has 0 saturated carbocycles. The highest BCUT2D eigenvalue weighted by Crippen LogP contribution is 2.46. The van der Waals surface area contributed by atoms with Crippen LogP contribution in [0.4, 0.5) is 0 Å². The van der Waals surface area contributed by atoms with E-state index in [2.05, 4.69) is 10.3 Å². The van der Waals surface area contributed by atoms with Gasteiger partial charge in [0.05, 0.1) is 24.3 Å². The van der Waals surface area contributed by atoms with Crippen molar-refractivity contribution < 1.29 is 14.3 Å². The minimum absolute atomic E-state index is 0.107. The third kappa shape index (κ3) is 2.48. The van der Waals surface area contributed by atoms with Gasteiger partial charge >= 0.3 is 0 Å². The first kappa shape index (κ1) is 16.2. The van der Waals surface area contributed by atoms with E-state index >= 15 is 0 Å². The van der Waals surface area contributed by atoms with Crippen molar-refractivity contribution >= 4 is 11.8 Å². The van der Waals surface area contributed by atoms with Gasteiger partial charge in [0.2, 0.25) is 5.91 Å². The molecular formula is C18H21N3O3. The Morgan fingerprint density at radius 1 is 1.46 bits per heavy atom. The van der Waals surface area contributed by atoms with Gasteiger partial charge in [0.15, 0.2) is 0 Å². The second-order valence-corrected chi connectivity index (χ2v) is 6.63. The highest BCUT2D eigenvalue weighted by Gasteiger charge is 2.49. The molecule has 6 heteroatoms. The minimum atomic E-state index is -0.416. The Bertz CT molecular complexity index is 765. The Labute approximate surface area is 141 Å².